The van der Waals surface area contributed by atoms with Crippen LogP contribution in [0.5, 0.6) is 5.88 Å². The monoisotopic (exact) mass is 588 g/mol. The Morgan fingerprint density at radius 2 is 1.94 bits per heavy atom. The van der Waals surface area contributed by atoms with Gasteiger partial charge in [-0.3, -0.25) is 0 Å². The topological polar surface area (TPSA) is 64.3 Å². The molecule has 1 atom stereocenters. The second-order valence-electron chi connectivity index (χ2n) is 8.17. The quantitative estimate of drug-likeness (QED) is 0.308. The molecule has 5 nitrogen and oxygen atoms in total. The van der Waals surface area contributed by atoms with Crippen molar-refractivity contribution in [3.8, 4) is 17.0 Å². The van der Waals surface area contributed by atoms with Gasteiger partial charge in [0.1, 0.15) is 23.9 Å². The third-order valence-electron chi connectivity index (χ3n) is 5.77. The summed E-state index contributed by atoms with van der Waals surface area (Å²) in [6.45, 7) is 9.97. The van der Waals surface area contributed by atoms with Crippen LogP contribution in [0.2, 0.25) is 0 Å². The van der Waals surface area contributed by atoms with Crippen molar-refractivity contribution in [2.75, 3.05) is 30.8 Å². The number of pyridine rings is 2. The molecule has 1 radical (unpaired) electrons. The summed E-state index contributed by atoms with van der Waals surface area (Å²) in [6.07, 6.45) is 8.06. The summed E-state index contributed by atoms with van der Waals surface area (Å²) in [5, 5.41) is 1.56. The molecule has 0 amide bonds. The van der Waals surface area contributed by atoms with Gasteiger partial charge in [-0.05, 0) is 36.1 Å². The standard InChI is InChI=1S/C18H17FN4O.C7H15.Ho/c1-10-14(9-22-18-17(10)23(2)3-4-24-18)13-5-11-7-16(20)21-8-12(11)6-15(13)19;1-4-6-7(3)5-2;/h5-9H,3-4H2,1-2H3,(H2,20,21);4,7H,5-6H2,1-3H3;/q;-1;. The minimum Gasteiger partial charge on any atom is -0.474 e. The van der Waals surface area contributed by atoms with E-state index >= 15 is 0 Å². The molecule has 2 aromatic heterocycles. The van der Waals surface area contributed by atoms with E-state index in [0.29, 0.717) is 23.9 Å². The molecule has 0 fully saturated rings. The van der Waals surface area contributed by atoms with Crippen LogP contribution in [-0.2, 0) is 0 Å². The first-order chi connectivity index (χ1) is 14.8. The number of nitrogens with two attached hydrogens (primary N) is 1. The zero-order valence-electron chi connectivity index (χ0n) is 19.4. The summed E-state index contributed by atoms with van der Waals surface area (Å²) >= 11 is 0. The SMILES string of the molecule is C[CH-]CC(C)CC.Cc1c(-c2cc3cc(N)ncc3cc2F)cnc2c1N(C)CCO2.[Ho]. The summed E-state index contributed by atoms with van der Waals surface area (Å²) in [5.41, 5.74) is 8.86. The van der Waals surface area contributed by atoms with Crippen molar-refractivity contribution in [2.24, 2.45) is 5.92 Å². The maximum atomic E-state index is 14.7. The Bertz CT molecular complexity index is 1060. The Balaban J connectivity index is 0.000000398. The smallest absolute Gasteiger partial charge is 0.237 e. The number of nitrogen functional groups attached to an aromatic ring is 1. The van der Waals surface area contributed by atoms with Gasteiger partial charge in [0.15, 0.2) is 0 Å². The summed E-state index contributed by atoms with van der Waals surface area (Å²) in [4.78, 5) is 10.5. The number of aromatic nitrogens is 2. The number of fused-ring (bicyclic) bond motifs is 2. The zero-order valence-corrected chi connectivity index (χ0v) is 21.3. The van der Waals surface area contributed by atoms with Crippen LogP contribution in [-0.4, -0.2) is 30.2 Å². The predicted octanol–water partition coefficient (Wildman–Crippen LogP) is 5.80. The van der Waals surface area contributed by atoms with Gasteiger partial charge in [-0.25, -0.2) is 14.4 Å². The molecule has 0 saturated heterocycles. The van der Waals surface area contributed by atoms with Crippen molar-refractivity contribution in [3.05, 3.63) is 48.4 Å². The largest absolute Gasteiger partial charge is 0.474 e. The predicted molar refractivity (Wildman–Crippen MR) is 127 cm³/mol. The number of nitrogens with zero attached hydrogens (tertiary/aromatic N) is 3. The Hall–Kier alpha value is -1.63. The fourth-order valence-electron chi connectivity index (χ4n) is 3.75. The minimum atomic E-state index is -0.307. The Labute approximate surface area is 220 Å². The summed E-state index contributed by atoms with van der Waals surface area (Å²) in [6, 6.07) is 5.02. The Kier molecular flexibility index (Phi) is 9.99. The van der Waals surface area contributed by atoms with Gasteiger partial charge >= 0.3 is 0 Å². The second kappa shape index (κ2) is 12.0. The molecule has 2 N–H and O–H groups in total. The van der Waals surface area contributed by atoms with Crippen LogP contribution in [0.1, 0.15) is 39.2 Å². The number of hydrogen-bond acceptors (Lipinski definition) is 5. The van der Waals surface area contributed by atoms with Crippen LogP contribution in [0.4, 0.5) is 15.9 Å². The third-order valence-corrected chi connectivity index (χ3v) is 5.77. The fourth-order valence-corrected chi connectivity index (χ4v) is 3.75. The van der Waals surface area contributed by atoms with Crippen molar-refractivity contribution >= 4 is 22.3 Å². The van der Waals surface area contributed by atoms with Gasteiger partial charge in [0, 0.05) is 73.7 Å². The van der Waals surface area contributed by atoms with E-state index in [1.54, 1.807) is 24.5 Å². The molecule has 1 aromatic carbocycles. The van der Waals surface area contributed by atoms with E-state index in [4.69, 9.17) is 10.5 Å². The summed E-state index contributed by atoms with van der Waals surface area (Å²) in [7, 11) is 1.99. The number of ether oxygens (including phenoxy) is 1. The van der Waals surface area contributed by atoms with Crippen molar-refractivity contribution < 1.29 is 46.9 Å². The second-order valence-corrected chi connectivity index (χ2v) is 8.17. The Morgan fingerprint density at radius 3 is 2.59 bits per heavy atom. The number of anilines is 2. The average molecular weight is 588 g/mol. The molecule has 1 aliphatic heterocycles. The first-order valence-electron chi connectivity index (χ1n) is 10.8. The van der Waals surface area contributed by atoms with E-state index in [1.165, 1.54) is 18.9 Å². The number of likely N-dealkylation sites (N-methyl/N-ethyl adjacent to an activating group) is 1. The third kappa shape index (κ3) is 6.03. The molecular formula is C25H32FHoN4O-. The average Bonchev–Trinajstić information content (AvgIpc) is 2.75. The van der Waals surface area contributed by atoms with Gasteiger partial charge in [-0.1, -0.05) is 26.2 Å². The molecule has 3 aromatic rings. The molecule has 0 aliphatic carbocycles. The van der Waals surface area contributed by atoms with Crippen LogP contribution in [0.3, 0.4) is 0 Å². The van der Waals surface area contributed by atoms with E-state index < -0.39 is 0 Å². The fraction of sp³-hybridized carbons (Fsp3) is 0.400. The van der Waals surface area contributed by atoms with Crippen LogP contribution in [0.15, 0.2) is 30.6 Å². The van der Waals surface area contributed by atoms with Gasteiger partial charge in [-0.2, -0.15) is 13.3 Å². The van der Waals surface area contributed by atoms with Crippen LogP contribution in [0, 0.1) is 62.8 Å². The number of halogens is 1. The van der Waals surface area contributed by atoms with Crippen molar-refractivity contribution in [1.82, 2.24) is 9.97 Å². The zero-order chi connectivity index (χ0) is 22.5. The molecule has 32 heavy (non-hydrogen) atoms. The van der Waals surface area contributed by atoms with Gasteiger partial charge in [0.25, 0.3) is 0 Å². The Morgan fingerprint density at radius 1 is 1.19 bits per heavy atom. The molecular weight excluding hydrogens is 556 g/mol. The molecule has 0 bridgehead atoms. The molecule has 177 valence electrons. The molecule has 0 saturated carbocycles. The van der Waals surface area contributed by atoms with Crippen LogP contribution < -0.4 is 15.4 Å². The van der Waals surface area contributed by atoms with Gasteiger partial charge in [0.05, 0.1) is 6.54 Å². The van der Waals surface area contributed by atoms with Crippen molar-refractivity contribution in [3.63, 3.8) is 0 Å². The van der Waals surface area contributed by atoms with Crippen molar-refractivity contribution in [1.29, 1.82) is 0 Å². The van der Waals surface area contributed by atoms with Gasteiger partial charge in [0.2, 0.25) is 5.88 Å². The normalized spacial score (nSPS) is 13.4. The van der Waals surface area contributed by atoms with E-state index in [-0.39, 0.29) is 43.6 Å². The first kappa shape index (κ1) is 26.6. The van der Waals surface area contributed by atoms with Gasteiger partial charge < -0.3 is 21.8 Å². The molecule has 1 unspecified atom stereocenters. The first-order valence-corrected chi connectivity index (χ1v) is 10.8. The number of benzene rings is 1. The minimum absolute atomic E-state index is 0. The summed E-state index contributed by atoms with van der Waals surface area (Å²) < 4.78 is 20.3. The molecule has 3 heterocycles. The number of hydrogen-bond donors (Lipinski definition) is 1. The van der Waals surface area contributed by atoms with E-state index in [9.17, 15) is 4.39 Å². The van der Waals surface area contributed by atoms with Gasteiger partial charge in [-0.15, -0.1) is 0 Å². The number of rotatable bonds is 4. The molecule has 1 aliphatic rings. The van der Waals surface area contributed by atoms with Crippen LogP contribution in [0.25, 0.3) is 21.9 Å². The molecule has 0 spiro atoms. The van der Waals surface area contributed by atoms with E-state index in [0.717, 1.165) is 40.0 Å². The maximum Gasteiger partial charge on any atom is 0.237 e. The van der Waals surface area contributed by atoms with Crippen molar-refractivity contribution in [2.45, 2.75) is 40.5 Å². The summed E-state index contributed by atoms with van der Waals surface area (Å²) in [5.74, 6) is 1.59. The molecule has 4 rings (SSSR count). The van der Waals surface area contributed by atoms with Crippen LogP contribution >= 0.6 is 0 Å². The van der Waals surface area contributed by atoms with E-state index in [1.807, 2.05) is 14.0 Å². The molecule has 7 heteroatoms. The van der Waals surface area contributed by atoms with E-state index in [2.05, 4.69) is 42.1 Å². The maximum absolute atomic E-state index is 14.7.